The molecular weight excluding hydrogens is 304 g/mol. The van der Waals surface area contributed by atoms with Crippen LogP contribution in [0.5, 0.6) is 5.75 Å². The Balaban J connectivity index is 2.13. The third kappa shape index (κ3) is 3.56. The van der Waals surface area contributed by atoms with Crippen LogP contribution in [-0.2, 0) is 9.59 Å². The van der Waals surface area contributed by atoms with Crippen molar-refractivity contribution in [2.45, 2.75) is 13.8 Å². The Kier molecular flexibility index (Phi) is 4.68. The van der Waals surface area contributed by atoms with Crippen LogP contribution in [0, 0.1) is 13.8 Å². The third-order valence-electron chi connectivity index (χ3n) is 3.13. The summed E-state index contributed by atoms with van der Waals surface area (Å²) >= 11 is 5.79. The molecule has 2 rings (SSSR count). The quantitative estimate of drug-likeness (QED) is 0.587. The van der Waals surface area contributed by atoms with Crippen molar-refractivity contribution in [3.63, 3.8) is 0 Å². The number of phenols is 1. The first-order valence-electron chi connectivity index (χ1n) is 6.55. The van der Waals surface area contributed by atoms with Crippen LogP contribution < -0.4 is 10.6 Å². The van der Waals surface area contributed by atoms with Crippen LogP contribution in [0.2, 0.25) is 5.02 Å². The second kappa shape index (κ2) is 6.49. The lowest BCUT2D eigenvalue weighted by Crippen LogP contribution is -2.29. The van der Waals surface area contributed by atoms with Gasteiger partial charge in [0.15, 0.2) is 0 Å². The predicted molar refractivity (Wildman–Crippen MR) is 86.3 cm³/mol. The van der Waals surface area contributed by atoms with Gasteiger partial charge in [-0.3, -0.25) is 9.59 Å². The molecule has 0 bridgehead atoms. The first-order valence-corrected chi connectivity index (χ1v) is 6.93. The molecule has 0 radical (unpaired) electrons. The summed E-state index contributed by atoms with van der Waals surface area (Å²) in [4.78, 5) is 23.9. The topological polar surface area (TPSA) is 78.4 Å². The summed E-state index contributed by atoms with van der Waals surface area (Å²) in [7, 11) is 0. The van der Waals surface area contributed by atoms with Crippen LogP contribution in [0.15, 0.2) is 36.4 Å². The van der Waals surface area contributed by atoms with E-state index in [0.29, 0.717) is 10.7 Å². The Hall–Kier alpha value is -2.53. The first-order chi connectivity index (χ1) is 10.4. The van der Waals surface area contributed by atoms with Gasteiger partial charge in [0.25, 0.3) is 0 Å². The molecule has 0 aliphatic carbocycles. The van der Waals surface area contributed by atoms with Crippen LogP contribution in [-0.4, -0.2) is 16.9 Å². The largest absolute Gasteiger partial charge is 0.506 e. The van der Waals surface area contributed by atoms with Crippen LogP contribution >= 0.6 is 11.6 Å². The van der Waals surface area contributed by atoms with E-state index in [9.17, 15) is 14.7 Å². The van der Waals surface area contributed by atoms with E-state index in [4.69, 9.17) is 11.6 Å². The molecule has 2 amide bonds. The highest BCUT2D eigenvalue weighted by molar-refractivity contribution is 6.44. The highest BCUT2D eigenvalue weighted by Crippen LogP contribution is 2.26. The lowest BCUT2D eigenvalue weighted by Gasteiger charge is -2.12. The van der Waals surface area contributed by atoms with Gasteiger partial charge in [0, 0.05) is 10.7 Å². The second-order valence-corrected chi connectivity index (χ2v) is 5.27. The fourth-order valence-corrected chi connectivity index (χ4v) is 2.14. The lowest BCUT2D eigenvalue weighted by atomic mass is 10.1. The molecule has 0 saturated heterocycles. The Morgan fingerprint density at radius 3 is 2.23 bits per heavy atom. The van der Waals surface area contributed by atoms with Crippen LogP contribution in [0.3, 0.4) is 0 Å². The minimum atomic E-state index is -0.889. The molecule has 6 heteroatoms. The van der Waals surface area contributed by atoms with Gasteiger partial charge in [0.05, 0.1) is 5.69 Å². The van der Waals surface area contributed by atoms with E-state index < -0.39 is 11.8 Å². The highest BCUT2D eigenvalue weighted by atomic mass is 35.5. The van der Waals surface area contributed by atoms with Crippen molar-refractivity contribution in [2.24, 2.45) is 0 Å². The summed E-state index contributed by atoms with van der Waals surface area (Å²) in [6, 6.07) is 9.71. The van der Waals surface area contributed by atoms with Gasteiger partial charge in [-0.05, 0) is 43.2 Å². The van der Waals surface area contributed by atoms with E-state index in [1.165, 1.54) is 18.2 Å². The van der Waals surface area contributed by atoms with Gasteiger partial charge in [0.1, 0.15) is 5.75 Å². The lowest BCUT2D eigenvalue weighted by molar-refractivity contribution is -0.133. The molecule has 0 unspecified atom stereocenters. The molecule has 114 valence electrons. The number of aromatic hydroxyl groups is 1. The van der Waals surface area contributed by atoms with Crippen molar-refractivity contribution in [1.82, 2.24) is 0 Å². The number of hydrogen-bond donors (Lipinski definition) is 3. The summed E-state index contributed by atoms with van der Waals surface area (Å²) in [6.45, 7) is 3.67. The summed E-state index contributed by atoms with van der Waals surface area (Å²) < 4.78 is 0. The van der Waals surface area contributed by atoms with Crippen molar-refractivity contribution in [3.05, 3.63) is 52.5 Å². The molecule has 3 N–H and O–H groups in total. The minimum absolute atomic E-state index is 0.0779. The molecule has 0 saturated carbocycles. The summed E-state index contributed by atoms with van der Waals surface area (Å²) in [6.07, 6.45) is 0. The van der Waals surface area contributed by atoms with Gasteiger partial charge < -0.3 is 15.7 Å². The Labute approximate surface area is 132 Å². The number of amides is 2. The fourth-order valence-electron chi connectivity index (χ4n) is 1.97. The summed E-state index contributed by atoms with van der Waals surface area (Å²) in [5, 5.41) is 14.9. The van der Waals surface area contributed by atoms with Gasteiger partial charge in [-0.2, -0.15) is 0 Å². The predicted octanol–water partition coefficient (Wildman–Crippen LogP) is 3.24. The molecule has 0 heterocycles. The van der Waals surface area contributed by atoms with Gasteiger partial charge in [-0.25, -0.2) is 0 Å². The van der Waals surface area contributed by atoms with E-state index in [0.717, 1.165) is 11.1 Å². The molecule has 5 nitrogen and oxygen atoms in total. The van der Waals surface area contributed by atoms with Gasteiger partial charge in [-0.1, -0.05) is 29.8 Å². The highest BCUT2D eigenvalue weighted by Gasteiger charge is 2.17. The number of hydrogen-bond acceptors (Lipinski definition) is 3. The van der Waals surface area contributed by atoms with Crippen LogP contribution in [0.25, 0.3) is 0 Å². The van der Waals surface area contributed by atoms with Crippen molar-refractivity contribution < 1.29 is 14.7 Å². The molecule has 0 aromatic heterocycles. The number of benzene rings is 2. The number of rotatable bonds is 2. The van der Waals surface area contributed by atoms with E-state index in [1.807, 2.05) is 32.0 Å². The molecule has 2 aromatic rings. The Bertz CT molecular complexity index is 724. The standard InChI is InChI=1S/C16H15ClN2O3/c1-9-4-3-5-10(2)14(9)19-16(22)15(21)18-12-8-11(17)6-7-13(12)20/h3-8,20H,1-2H3,(H,18,21)(H,19,22). The number of aryl methyl sites for hydroxylation is 2. The monoisotopic (exact) mass is 318 g/mol. The molecule has 0 aliphatic rings. The Morgan fingerprint density at radius 1 is 1.00 bits per heavy atom. The summed E-state index contributed by atoms with van der Waals surface area (Å²) in [5.74, 6) is -1.88. The minimum Gasteiger partial charge on any atom is -0.506 e. The normalized spacial score (nSPS) is 10.1. The van der Waals surface area contributed by atoms with E-state index in [1.54, 1.807) is 0 Å². The van der Waals surface area contributed by atoms with Crippen molar-refractivity contribution in [1.29, 1.82) is 0 Å². The van der Waals surface area contributed by atoms with Gasteiger partial charge in [-0.15, -0.1) is 0 Å². The number of nitrogens with one attached hydrogen (secondary N) is 2. The number of halogens is 1. The number of para-hydroxylation sites is 1. The molecule has 0 aliphatic heterocycles. The van der Waals surface area contributed by atoms with Crippen LogP contribution in [0.1, 0.15) is 11.1 Å². The zero-order valence-corrected chi connectivity index (χ0v) is 12.9. The van der Waals surface area contributed by atoms with Crippen molar-refractivity contribution in [3.8, 4) is 5.75 Å². The SMILES string of the molecule is Cc1cccc(C)c1NC(=O)C(=O)Nc1cc(Cl)ccc1O. The van der Waals surface area contributed by atoms with Gasteiger partial charge >= 0.3 is 11.8 Å². The maximum Gasteiger partial charge on any atom is 0.314 e. The first kappa shape index (κ1) is 15.9. The molecule has 2 aromatic carbocycles. The van der Waals surface area contributed by atoms with E-state index in [2.05, 4.69) is 10.6 Å². The number of carbonyl (C=O) groups excluding carboxylic acids is 2. The number of carbonyl (C=O) groups is 2. The maximum absolute atomic E-state index is 12.0. The second-order valence-electron chi connectivity index (χ2n) is 4.84. The Morgan fingerprint density at radius 2 is 1.59 bits per heavy atom. The maximum atomic E-state index is 12.0. The number of phenolic OH excluding ortho intramolecular Hbond substituents is 1. The smallest absolute Gasteiger partial charge is 0.314 e. The van der Waals surface area contributed by atoms with E-state index >= 15 is 0 Å². The average Bonchev–Trinajstić information content (AvgIpc) is 2.46. The zero-order valence-electron chi connectivity index (χ0n) is 12.1. The number of anilines is 2. The molecule has 0 atom stereocenters. The molecule has 0 fully saturated rings. The molecular formula is C16H15ClN2O3. The van der Waals surface area contributed by atoms with Crippen LogP contribution in [0.4, 0.5) is 11.4 Å². The zero-order chi connectivity index (χ0) is 16.3. The third-order valence-corrected chi connectivity index (χ3v) is 3.37. The molecule has 22 heavy (non-hydrogen) atoms. The van der Waals surface area contributed by atoms with Crippen molar-refractivity contribution >= 4 is 34.8 Å². The molecule has 0 spiro atoms. The van der Waals surface area contributed by atoms with Crippen molar-refractivity contribution in [2.75, 3.05) is 10.6 Å². The van der Waals surface area contributed by atoms with E-state index in [-0.39, 0.29) is 11.4 Å². The summed E-state index contributed by atoms with van der Waals surface area (Å²) in [5.41, 5.74) is 2.38. The fraction of sp³-hybridized carbons (Fsp3) is 0.125. The van der Waals surface area contributed by atoms with Gasteiger partial charge in [0.2, 0.25) is 0 Å². The average molecular weight is 319 g/mol.